The van der Waals surface area contributed by atoms with Crippen molar-refractivity contribution in [3.8, 4) is 22.1 Å². The van der Waals surface area contributed by atoms with Gasteiger partial charge in [-0.1, -0.05) is 29.8 Å². The predicted octanol–water partition coefficient (Wildman–Crippen LogP) is 5.47. The average Bonchev–Trinajstić information content (AvgIpc) is 3.16. The summed E-state index contributed by atoms with van der Waals surface area (Å²) < 4.78 is 8.73. The Hall–Kier alpha value is -2.15. The Morgan fingerprint density at radius 3 is 2.62 bits per heavy atom. The Balaban J connectivity index is 1.93. The fraction of sp³-hybridized carbons (Fsp3) is 0.0588. The number of nitrogens with zero attached hydrogens (tertiary/aromatic N) is 2. The number of rotatable bonds is 3. The van der Waals surface area contributed by atoms with Crippen LogP contribution in [0.1, 0.15) is 0 Å². The number of nitrogens with one attached hydrogen (secondary N) is 1. The van der Waals surface area contributed by atoms with E-state index in [0.29, 0.717) is 15.6 Å². The van der Waals surface area contributed by atoms with Gasteiger partial charge in [-0.05, 0) is 42.5 Å². The molecule has 0 fully saturated rings. The van der Waals surface area contributed by atoms with Crippen molar-refractivity contribution in [2.75, 3.05) is 7.11 Å². The predicted molar refractivity (Wildman–Crippen MR) is 101 cm³/mol. The molecule has 7 heteroatoms. The number of aromatic amines is 1. The molecule has 0 aliphatic heterocycles. The third kappa shape index (κ3) is 2.43. The smallest absolute Gasteiger partial charge is 0.200 e. The van der Waals surface area contributed by atoms with Gasteiger partial charge in [-0.15, -0.1) is 11.3 Å². The molecular weight excluding hydrogens is 362 g/mol. The molecule has 0 saturated heterocycles. The Morgan fingerprint density at radius 2 is 1.92 bits per heavy atom. The second-order valence-electron chi connectivity index (χ2n) is 5.13. The Morgan fingerprint density at radius 1 is 1.17 bits per heavy atom. The molecule has 2 aromatic carbocycles. The molecule has 4 rings (SSSR count). The van der Waals surface area contributed by atoms with E-state index in [4.69, 9.17) is 28.6 Å². The largest absolute Gasteiger partial charge is 0.497 e. The molecule has 120 valence electrons. The standard InChI is InChI=1S/C17H12ClN3OS2/c1-22-11-8-6-10(7-9-11)21-16(19-20-17(21)23)15-14(18)12-4-2-3-5-13(12)24-15/h2-9H,1H3,(H,20,23). The van der Waals surface area contributed by atoms with Gasteiger partial charge in [0.05, 0.1) is 22.7 Å². The van der Waals surface area contributed by atoms with E-state index >= 15 is 0 Å². The van der Waals surface area contributed by atoms with Crippen LogP contribution in [0.3, 0.4) is 0 Å². The zero-order valence-corrected chi connectivity index (χ0v) is 15.0. The fourth-order valence-corrected chi connectivity index (χ4v) is 4.31. The second-order valence-corrected chi connectivity index (χ2v) is 6.94. The van der Waals surface area contributed by atoms with E-state index in [1.807, 2.05) is 53.1 Å². The van der Waals surface area contributed by atoms with E-state index in [-0.39, 0.29) is 0 Å². The maximum Gasteiger partial charge on any atom is 0.200 e. The van der Waals surface area contributed by atoms with Crippen LogP contribution in [0.15, 0.2) is 48.5 Å². The zero-order chi connectivity index (χ0) is 16.7. The lowest BCUT2D eigenvalue weighted by Crippen LogP contribution is -1.97. The first-order valence-electron chi connectivity index (χ1n) is 7.18. The van der Waals surface area contributed by atoms with Crippen molar-refractivity contribution in [1.82, 2.24) is 14.8 Å². The van der Waals surface area contributed by atoms with Crippen LogP contribution in [0.2, 0.25) is 5.02 Å². The highest BCUT2D eigenvalue weighted by Gasteiger charge is 2.18. The highest BCUT2D eigenvalue weighted by Crippen LogP contribution is 2.41. The van der Waals surface area contributed by atoms with E-state index in [1.54, 1.807) is 18.4 Å². The second kappa shape index (κ2) is 6.05. The fourth-order valence-electron chi connectivity index (χ4n) is 2.58. The maximum atomic E-state index is 6.60. The zero-order valence-electron chi connectivity index (χ0n) is 12.6. The molecule has 24 heavy (non-hydrogen) atoms. The number of hydrogen-bond acceptors (Lipinski definition) is 4. The van der Waals surface area contributed by atoms with Gasteiger partial charge in [0.1, 0.15) is 5.75 Å². The van der Waals surface area contributed by atoms with Gasteiger partial charge in [-0.2, -0.15) is 5.10 Å². The summed E-state index contributed by atoms with van der Waals surface area (Å²) in [4.78, 5) is 0.890. The van der Waals surface area contributed by atoms with Gasteiger partial charge in [0.15, 0.2) is 10.6 Å². The molecule has 4 nitrogen and oxygen atoms in total. The number of halogens is 1. The number of benzene rings is 2. The molecule has 0 radical (unpaired) electrons. The lowest BCUT2D eigenvalue weighted by atomic mass is 10.2. The highest BCUT2D eigenvalue weighted by atomic mass is 35.5. The number of methoxy groups -OCH3 is 1. The summed E-state index contributed by atoms with van der Waals surface area (Å²) in [6.07, 6.45) is 0. The monoisotopic (exact) mass is 373 g/mol. The molecule has 0 unspecified atom stereocenters. The summed E-state index contributed by atoms with van der Waals surface area (Å²) in [5.41, 5.74) is 0.901. The van der Waals surface area contributed by atoms with Gasteiger partial charge >= 0.3 is 0 Å². The van der Waals surface area contributed by atoms with Crippen LogP contribution in [0.25, 0.3) is 26.5 Å². The minimum Gasteiger partial charge on any atom is -0.497 e. The molecule has 2 aromatic heterocycles. The number of thiophene rings is 1. The first-order chi connectivity index (χ1) is 11.7. The van der Waals surface area contributed by atoms with Crippen LogP contribution in [0.4, 0.5) is 0 Å². The first-order valence-corrected chi connectivity index (χ1v) is 8.78. The van der Waals surface area contributed by atoms with Crippen molar-refractivity contribution in [2.24, 2.45) is 0 Å². The van der Waals surface area contributed by atoms with Crippen molar-refractivity contribution >= 4 is 45.2 Å². The minimum atomic E-state index is 0.517. The van der Waals surface area contributed by atoms with Gasteiger partial charge in [0.2, 0.25) is 0 Å². The molecule has 0 atom stereocenters. The topological polar surface area (TPSA) is 42.8 Å². The molecule has 0 aliphatic rings. The van der Waals surface area contributed by atoms with E-state index in [0.717, 1.165) is 26.4 Å². The molecule has 0 amide bonds. The molecule has 0 saturated carbocycles. The summed E-state index contributed by atoms with van der Waals surface area (Å²) in [6.45, 7) is 0. The van der Waals surface area contributed by atoms with Crippen LogP contribution < -0.4 is 4.74 Å². The molecule has 4 aromatic rings. The van der Waals surface area contributed by atoms with Gasteiger partial charge < -0.3 is 4.74 Å². The molecular formula is C17H12ClN3OS2. The SMILES string of the molecule is COc1ccc(-n2c(-c3sc4ccccc4c3Cl)n[nH]c2=S)cc1. The summed E-state index contributed by atoms with van der Waals surface area (Å²) >= 11 is 13.6. The normalized spacial score (nSPS) is 11.1. The third-order valence-electron chi connectivity index (χ3n) is 3.74. The van der Waals surface area contributed by atoms with Crippen molar-refractivity contribution in [3.63, 3.8) is 0 Å². The minimum absolute atomic E-state index is 0.517. The van der Waals surface area contributed by atoms with Gasteiger partial charge in [-0.3, -0.25) is 9.67 Å². The number of H-pyrrole nitrogens is 1. The van der Waals surface area contributed by atoms with Gasteiger partial charge in [0, 0.05) is 10.1 Å². The van der Waals surface area contributed by atoms with Gasteiger partial charge in [0.25, 0.3) is 0 Å². The number of fused-ring (bicyclic) bond motifs is 1. The number of aromatic nitrogens is 3. The van der Waals surface area contributed by atoms with E-state index in [2.05, 4.69) is 10.2 Å². The van der Waals surface area contributed by atoms with E-state index in [1.165, 1.54) is 0 Å². The van der Waals surface area contributed by atoms with Crippen LogP contribution in [-0.4, -0.2) is 21.9 Å². The van der Waals surface area contributed by atoms with Crippen LogP contribution in [-0.2, 0) is 0 Å². The third-order valence-corrected chi connectivity index (χ3v) is 5.69. The lowest BCUT2D eigenvalue weighted by Gasteiger charge is -2.07. The molecule has 0 bridgehead atoms. The Bertz CT molecular complexity index is 1080. The summed E-state index contributed by atoms with van der Waals surface area (Å²) in [6, 6.07) is 15.7. The summed E-state index contributed by atoms with van der Waals surface area (Å²) in [5.74, 6) is 1.49. The molecule has 0 spiro atoms. The van der Waals surface area contributed by atoms with Crippen molar-refractivity contribution in [3.05, 3.63) is 58.3 Å². The van der Waals surface area contributed by atoms with Crippen LogP contribution in [0.5, 0.6) is 5.75 Å². The molecule has 0 aliphatic carbocycles. The van der Waals surface area contributed by atoms with E-state index < -0.39 is 0 Å². The molecule has 2 heterocycles. The summed E-state index contributed by atoms with van der Waals surface area (Å²) in [7, 11) is 1.64. The van der Waals surface area contributed by atoms with Crippen LogP contribution in [0, 0.1) is 4.77 Å². The Kier molecular flexibility index (Phi) is 3.88. The van der Waals surface area contributed by atoms with Crippen molar-refractivity contribution in [2.45, 2.75) is 0 Å². The highest BCUT2D eigenvalue weighted by molar-refractivity contribution is 7.71. The van der Waals surface area contributed by atoms with Crippen molar-refractivity contribution in [1.29, 1.82) is 0 Å². The quantitative estimate of drug-likeness (QED) is 0.484. The lowest BCUT2D eigenvalue weighted by molar-refractivity contribution is 0.414. The number of hydrogen-bond donors (Lipinski definition) is 1. The maximum absolute atomic E-state index is 6.60. The van der Waals surface area contributed by atoms with E-state index in [9.17, 15) is 0 Å². The van der Waals surface area contributed by atoms with Crippen molar-refractivity contribution < 1.29 is 4.74 Å². The average molecular weight is 374 g/mol. The molecule has 1 N–H and O–H groups in total. The van der Waals surface area contributed by atoms with Gasteiger partial charge in [-0.25, -0.2) is 0 Å². The Labute approximate surface area is 152 Å². The number of ether oxygens (including phenoxy) is 1. The first kappa shape index (κ1) is 15.4. The summed E-state index contributed by atoms with van der Waals surface area (Å²) in [5, 5.41) is 8.98. The van der Waals surface area contributed by atoms with Crippen LogP contribution >= 0.6 is 35.2 Å².